The normalized spacial score (nSPS) is 31.6. The lowest BCUT2D eigenvalue weighted by Crippen LogP contribution is -2.54. The van der Waals surface area contributed by atoms with Crippen LogP contribution in [0.1, 0.15) is 71.6 Å². The van der Waals surface area contributed by atoms with Crippen molar-refractivity contribution in [2.75, 3.05) is 13.1 Å². The molecule has 0 saturated heterocycles. The van der Waals surface area contributed by atoms with Crippen LogP contribution in [0.5, 0.6) is 0 Å². The lowest BCUT2D eigenvalue weighted by atomic mass is 9.78. The Labute approximate surface area is 124 Å². The second-order valence-electron chi connectivity index (χ2n) is 6.64. The summed E-state index contributed by atoms with van der Waals surface area (Å²) in [7, 11) is 0. The van der Waals surface area contributed by atoms with Gasteiger partial charge in [0, 0.05) is 12.1 Å². The molecule has 0 aromatic carbocycles. The van der Waals surface area contributed by atoms with Crippen molar-refractivity contribution in [3.05, 3.63) is 0 Å². The minimum Gasteiger partial charge on any atom is -0.299 e. The molecule has 20 heavy (non-hydrogen) atoms. The van der Waals surface area contributed by atoms with E-state index in [0.717, 1.165) is 38.4 Å². The van der Waals surface area contributed by atoms with Crippen molar-refractivity contribution in [2.24, 2.45) is 0 Å². The lowest BCUT2D eigenvalue weighted by Gasteiger charge is -2.43. The van der Waals surface area contributed by atoms with Crippen LogP contribution in [0.25, 0.3) is 0 Å². The molecule has 2 aliphatic carbocycles. The van der Waals surface area contributed by atoms with Crippen LogP contribution in [0, 0.1) is 11.3 Å². The molecular weight excluding hydrogens is 246 g/mol. The van der Waals surface area contributed by atoms with Gasteiger partial charge in [0.15, 0.2) is 0 Å². The summed E-state index contributed by atoms with van der Waals surface area (Å²) in [5.41, 5.74) is -0.259. The first-order valence-corrected chi connectivity index (χ1v) is 8.66. The number of nitrogens with one attached hydrogen (secondary N) is 1. The van der Waals surface area contributed by atoms with E-state index in [0.29, 0.717) is 6.04 Å². The summed E-state index contributed by atoms with van der Waals surface area (Å²) in [6, 6.07) is 4.01. The fraction of sp³-hybridized carbons (Fsp3) is 0.941. The van der Waals surface area contributed by atoms with E-state index in [1.165, 1.54) is 38.5 Å². The smallest absolute Gasteiger partial charge is 0.108 e. The van der Waals surface area contributed by atoms with E-state index in [-0.39, 0.29) is 5.54 Å². The zero-order chi connectivity index (χ0) is 14.4. The molecule has 0 aromatic rings. The quantitative estimate of drug-likeness (QED) is 0.808. The van der Waals surface area contributed by atoms with Gasteiger partial charge in [0.2, 0.25) is 0 Å². The summed E-state index contributed by atoms with van der Waals surface area (Å²) in [6.07, 6.45) is 11.2. The molecule has 2 saturated carbocycles. The highest BCUT2D eigenvalue weighted by Crippen LogP contribution is 2.34. The topological polar surface area (TPSA) is 39.1 Å². The third-order valence-electron chi connectivity index (χ3n) is 5.28. The SMILES string of the molecule is CCCNC1(C#N)CCCC(N(CC)C2CCCC2)C1. The molecule has 1 N–H and O–H groups in total. The first kappa shape index (κ1) is 15.8. The summed E-state index contributed by atoms with van der Waals surface area (Å²) in [5, 5.41) is 13.2. The molecule has 2 aliphatic rings. The third kappa shape index (κ3) is 3.54. The highest BCUT2D eigenvalue weighted by Gasteiger charge is 2.39. The summed E-state index contributed by atoms with van der Waals surface area (Å²) in [4.78, 5) is 2.71. The average molecular weight is 277 g/mol. The highest BCUT2D eigenvalue weighted by atomic mass is 15.2. The Kier molecular flexibility index (Phi) is 5.86. The van der Waals surface area contributed by atoms with E-state index < -0.39 is 0 Å². The Hall–Kier alpha value is -0.590. The van der Waals surface area contributed by atoms with Gasteiger partial charge in [0.05, 0.1) is 6.07 Å². The number of rotatable bonds is 6. The molecule has 0 radical (unpaired) electrons. The molecule has 0 spiro atoms. The second-order valence-corrected chi connectivity index (χ2v) is 6.64. The van der Waals surface area contributed by atoms with Crippen molar-refractivity contribution in [2.45, 2.75) is 89.3 Å². The Morgan fingerprint density at radius 2 is 1.85 bits per heavy atom. The minimum absolute atomic E-state index is 0.259. The molecule has 0 bridgehead atoms. The summed E-state index contributed by atoms with van der Waals surface area (Å²) >= 11 is 0. The van der Waals surface area contributed by atoms with Gasteiger partial charge in [-0.1, -0.05) is 26.7 Å². The highest BCUT2D eigenvalue weighted by molar-refractivity contribution is 5.11. The van der Waals surface area contributed by atoms with E-state index in [4.69, 9.17) is 0 Å². The Morgan fingerprint density at radius 3 is 2.45 bits per heavy atom. The van der Waals surface area contributed by atoms with Crippen molar-refractivity contribution in [1.29, 1.82) is 5.26 Å². The van der Waals surface area contributed by atoms with Crippen LogP contribution < -0.4 is 5.32 Å². The summed E-state index contributed by atoms with van der Waals surface area (Å²) in [6.45, 7) is 6.58. The Balaban J connectivity index is 2.02. The second kappa shape index (κ2) is 7.43. The molecule has 2 unspecified atom stereocenters. The fourth-order valence-electron chi connectivity index (χ4n) is 4.25. The standard InChI is InChI=1S/C17H31N3/c1-3-12-19-17(14-18)11-7-10-16(13-17)20(4-2)15-8-5-6-9-15/h15-16,19H,3-13H2,1-2H3. The lowest BCUT2D eigenvalue weighted by molar-refractivity contribution is 0.0861. The van der Waals surface area contributed by atoms with Crippen LogP contribution in [0.15, 0.2) is 0 Å². The third-order valence-corrected chi connectivity index (χ3v) is 5.28. The number of nitriles is 1. The van der Waals surface area contributed by atoms with Gasteiger partial charge in [-0.25, -0.2) is 0 Å². The fourth-order valence-corrected chi connectivity index (χ4v) is 4.25. The maximum atomic E-state index is 9.67. The van der Waals surface area contributed by atoms with E-state index in [1.54, 1.807) is 0 Å². The molecule has 2 atom stereocenters. The largest absolute Gasteiger partial charge is 0.299 e. The van der Waals surface area contributed by atoms with Crippen LogP contribution in [-0.4, -0.2) is 35.6 Å². The zero-order valence-electron chi connectivity index (χ0n) is 13.3. The van der Waals surface area contributed by atoms with Gasteiger partial charge < -0.3 is 0 Å². The van der Waals surface area contributed by atoms with E-state index in [2.05, 4.69) is 30.1 Å². The summed E-state index contributed by atoms with van der Waals surface area (Å²) < 4.78 is 0. The molecule has 2 fully saturated rings. The first-order valence-electron chi connectivity index (χ1n) is 8.66. The predicted molar refractivity (Wildman–Crippen MR) is 83.5 cm³/mol. The van der Waals surface area contributed by atoms with Gasteiger partial charge in [-0.05, 0) is 58.0 Å². The van der Waals surface area contributed by atoms with Crippen LogP contribution in [0.4, 0.5) is 0 Å². The van der Waals surface area contributed by atoms with Gasteiger partial charge in [-0.15, -0.1) is 0 Å². The van der Waals surface area contributed by atoms with Crippen LogP contribution in [-0.2, 0) is 0 Å². The Bertz CT molecular complexity index is 330. The Morgan fingerprint density at radius 1 is 1.15 bits per heavy atom. The average Bonchev–Trinajstić information content (AvgIpc) is 3.00. The molecule has 3 nitrogen and oxygen atoms in total. The van der Waals surface area contributed by atoms with Crippen LogP contribution >= 0.6 is 0 Å². The predicted octanol–water partition coefficient (Wildman–Crippen LogP) is 3.46. The maximum absolute atomic E-state index is 9.67. The van der Waals surface area contributed by atoms with E-state index >= 15 is 0 Å². The molecule has 2 rings (SSSR count). The molecule has 3 heteroatoms. The number of hydrogen-bond donors (Lipinski definition) is 1. The molecule has 0 amide bonds. The van der Waals surface area contributed by atoms with Crippen molar-refractivity contribution < 1.29 is 0 Å². The van der Waals surface area contributed by atoms with Gasteiger partial charge >= 0.3 is 0 Å². The number of hydrogen-bond acceptors (Lipinski definition) is 3. The first-order chi connectivity index (χ1) is 9.74. The molecule has 0 aromatic heterocycles. The maximum Gasteiger partial charge on any atom is 0.108 e. The van der Waals surface area contributed by atoms with Crippen LogP contribution in [0.3, 0.4) is 0 Å². The van der Waals surface area contributed by atoms with Crippen LogP contribution in [0.2, 0.25) is 0 Å². The molecular formula is C17H31N3. The van der Waals surface area contributed by atoms with Gasteiger partial charge in [0.1, 0.15) is 5.54 Å². The van der Waals surface area contributed by atoms with E-state index in [9.17, 15) is 5.26 Å². The van der Waals surface area contributed by atoms with Crippen molar-refractivity contribution in [3.8, 4) is 6.07 Å². The molecule has 0 heterocycles. The monoisotopic (exact) mass is 277 g/mol. The van der Waals surface area contributed by atoms with Gasteiger partial charge in [0.25, 0.3) is 0 Å². The van der Waals surface area contributed by atoms with Crippen molar-refractivity contribution in [3.63, 3.8) is 0 Å². The molecule has 0 aliphatic heterocycles. The van der Waals surface area contributed by atoms with Crippen molar-refractivity contribution in [1.82, 2.24) is 10.2 Å². The minimum atomic E-state index is -0.259. The molecule has 114 valence electrons. The van der Waals surface area contributed by atoms with Crippen molar-refractivity contribution >= 4 is 0 Å². The number of nitrogens with zero attached hydrogens (tertiary/aromatic N) is 2. The zero-order valence-corrected chi connectivity index (χ0v) is 13.3. The van der Waals surface area contributed by atoms with E-state index in [1.807, 2.05) is 0 Å². The van der Waals surface area contributed by atoms with Gasteiger partial charge in [-0.2, -0.15) is 5.26 Å². The van der Waals surface area contributed by atoms with Gasteiger partial charge in [-0.3, -0.25) is 10.2 Å². The summed E-state index contributed by atoms with van der Waals surface area (Å²) in [5.74, 6) is 0.